The molecule has 1 unspecified atom stereocenters. The number of hydrogen-bond donors (Lipinski definition) is 1. The van der Waals surface area contributed by atoms with E-state index in [1.807, 2.05) is 26.2 Å². The summed E-state index contributed by atoms with van der Waals surface area (Å²) < 4.78 is 5.24. The van der Waals surface area contributed by atoms with Crippen molar-refractivity contribution in [2.75, 3.05) is 7.05 Å². The molecule has 1 atom stereocenters. The van der Waals surface area contributed by atoms with Crippen LogP contribution in [0.5, 0.6) is 0 Å². The molecule has 1 rings (SSSR count). The second-order valence-corrected chi connectivity index (χ2v) is 7.98. The SMILES string of the molecule is Cc1nc(CN(C)C(=O)C(NC(=O)OC(C)(C)C)C(C)C)cs1. The van der Waals surface area contributed by atoms with E-state index in [-0.39, 0.29) is 11.8 Å². The van der Waals surface area contributed by atoms with Gasteiger partial charge in [0.2, 0.25) is 5.91 Å². The number of alkyl carbamates (subject to hydrolysis) is 1. The average molecular weight is 341 g/mol. The van der Waals surface area contributed by atoms with Crippen molar-refractivity contribution in [3.63, 3.8) is 0 Å². The predicted octanol–water partition coefficient (Wildman–Crippen LogP) is 2.96. The van der Waals surface area contributed by atoms with Crippen LogP contribution in [0.3, 0.4) is 0 Å². The lowest BCUT2D eigenvalue weighted by Gasteiger charge is -2.28. The minimum atomic E-state index is -0.630. The Balaban J connectivity index is 2.72. The number of ether oxygens (including phenoxy) is 1. The Kier molecular flexibility index (Phi) is 6.56. The van der Waals surface area contributed by atoms with E-state index < -0.39 is 17.7 Å². The van der Waals surface area contributed by atoms with Gasteiger partial charge in [-0.2, -0.15) is 0 Å². The number of likely N-dealkylation sites (N-methyl/N-ethyl adjacent to an activating group) is 1. The van der Waals surface area contributed by atoms with Gasteiger partial charge in [-0.1, -0.05) is 13.8 Å². The van der Waals surface area contributed by atoms with Crippen molar-refractivity contribution in [1.29, 1.82) is 0 Å². The highest BCUT2D eigenvalue weighted by Gasteiger charge is 2.29. The third-order valence-electron chi connectivity index (χ3n) is 3.05. The molecule has 0 spiro atoms. The Hall–Kier alpha value is -1.63. The van der Waals surface area contributed by atoms with Crippen LogP contribution in [0.25, 0.3) is 0 Å². The number of nitrogens with one attached hydrogen (secondary N) is 1. The zero-order valence-electron chi connectivity index (χ0n) is 15.0. The molecule has 0 aliphatic carbocycles. The summed E-state index contributed by atoms with van der Waals surface area (Å²) in [6.45, 7) is 11.5. The number of aromatic nitrogens is 1. The summed E-state index contributed by atoms with van der Waals surface area (Å²) in [7, 11) is 1.71. The molecule has 0 saturated carbocycles. The van der Waals surface area contributed by atoms with Gasteiger partial charge in [-0.3, -0.25) is 4.79 Å². The lowest BCUT2D eigenvalue weighted by atomic mass is 10.0. The lowest BCUT2D eigenvalue weighted by Crippen LogP contribution is -2.51. The fourth-order valence-electron chi connectivity index (χ4n) is 1.99. The summed E-state index contributed by atoms with van der Waals surface area (Å²) in [5.74, 6) is -0.203. The number of rotatable bonds is 5. The zero-order valence-corrected chi connectivity index (χ0v) is 15.8. The van der Waals surface area contributed by atoms with Gasteiger partial charge in [0, 0.05) is 12.4 Å². The van der Waals surface area contributed by atoms with Crippen LogP contribution in [-0.2, 0) is 16.1 Å². The van der Waals surface area contributed by atoms with Crippen molar-refractivity contribution >= 4 is 23.3 Å². The first kappa shape index (κ1) is 19.4. The highest BCUT2D eigenvalue weighted by Crippen LogP contribution is 2.13. The molecular formula is C16H27N3O3S. The van der Waals surface area contributed by atoms with E-state index in [1.54, 1.807) is 44.1 Å². The number of carbonyl (C=O) groups is 2. The van der Waals surface area contributed by atoms with Gasteiger partial charge in [-0.15, -0.1) is 11.3 Å². The predicted molar refractivity (Wildman–Crippen MR) is 91.3 cm³/mol. The zero-order chi connectivity index (χ0) is 17.8. The van der Waals surface area contributed by atoms with Gasteiger partial charge in [0.15, 0.2) is 0 Å². The Morgan fingerprint density at radius 2 is 2.00 bits per heavy atom. The van der Waals surface area contributed by atoms with Crippen LogP contribution in [0.15, 0.2) is 5.38 Å². The van der Waals surface area contributed by atoms with E-state index in [4.69, 9.17) is 4.74 Å². The molecule has 7 heteroatoms. The lowest BCUT2D eigenvalue weighted by molar-refractivity contribution is -0.133. The third kappa shape index (κ3) is 6.56. The molecule has 1 N–H and O–H groups in total. The van der Waals surface area contributed by atoms with Gasteiger partial charge in [0.25, 0.3) is 0 Å². The van der Waals surface area contributed by atoms with Crippen molar-refractivity contribution in [1.82, 2.24) is 15.2 Å². The van der Waals surface area contributed by atoms with Crippen molar-refractivity contribution in [3.05, 3.63) is 16.1 Å². The van der Waals surface area contributed by atoms with Gasteiger partial charge >= 0.3 is 6.09 Å². The molecule has 0 radical (unpaired) electrons. The van der Waals surface area contributed by atoms with E-state index in [2.05, 4.69) is 10.3 Å². The summed E-state index contributed by atoms with van der Waals surface area (Å²) in [5, 5.41) is 5.58. The molecule has 0 fully saturated rings. The topological polar surface area (TPSA) is 71.5 Å². The van der Waals surface area contributed by atoms with Crippen LogP contribution in [-0.4, -0.2) is 40.6 Å². The van der Waals surface area contributed by atoms with Crippen LogP contribution < -0.4 is 5.32 Å². The number of thiazole rings is 1. The fourth-order valence-corrected chi connectivity index (χ4v) is 2.59. The second-order valence-electron chi connectivity index (χ2n) is 6.92. The molecule has 0 aliphatic rings. The van der Waals surface area contributed by atoms with Gasteiger partial charge in [0.05, 0.1) is 17.2 Å². The quantitative estimate of drug-likeness (QED) is 0.894. The standard InChI is InChI=1S/C16H27N3O3S/c1-10(2)13(18-15(21)22-16(4,5)6)14(20)19(7)8-12-9-23-11(3)17-12/h9-10,13H,8H2,1-7H3,(H,18,21). The maximum atomic E-state index is 12.6. The summed E-state index contributed by atoms with van der Waals surface area (Å²) in [4.78, 5) is 30.5. The van der Waals surface area contributed by atoms with Crippen molar-refractivity contribution in [2.24, 2.45) is 5.92 Å². The fraction of sp³-hybridized carbons (Fsp3) is 0.688. The number of aryl methyl sites for hydroxylation is 1. The normalized spacial score (nSPS) is 12.9. The van der Waals surface area contributed by atoms with Gasteiger partial charge < -0.3 is 15.0 Å². The maximum Gasteiger partial charge on any atom is 0.408 e. The Morgan fingerprint density at radius 1 is 1.39 bits per heavy atom. The molecule has 0 bridgehead atoms. The van der Waals surface area contributed by atoms with Gasteiger partial charge in [-0.05, 0) is 33.6 Å². The third-order valence-corrected chi connectivity index (χ3v) is 3.87. The minimum absolute atomic E-state index is 0.0466. The molecule has 0 saturated heterocycles. The van der Waals surface area contributed by atoms with Crippen LogP contribution in [0.2, 0.25) is 0 Å². The summed E-state index contributed by atoms with van der Waals surface area (Å²) in [6, 6.07) is -0.630. The average Bonchev–Trinajstić information content (AvgIpc) is 2.78. The Morgan fingerprint density at radius 3 is 2.43 bits per heavy atom. The molecule has 1 heterocycles. The van der Waals surface area contributed by atoms with E-state index in [0.29, 0.717) is 6.54 Å². The minimum Gasteiger partial charge on any atom is -0.444 e. The molecule has 0 aromatic carbocycles. The molecule has 6 nitrogen and oxygen atoms in total. The highest BCUT2D eigenvalue weighted by atomic mass is 32.1. The van der Waals surface area contributed by atoms with Gasteiger partial charge in [0.1, 0.15) is 11.6 Å². The smallest absolute Gasteiger partial charge is 0.408 e. The van der Waals surface area contributed by atoms with E-state index >= 15 is 0 Å². The van der Waals surface area contributed by atoms with Crippen molar-refractivity contribution < 1.29 is 14.3 Å². The summed E-state index contributed by atoms with van der Waals surface area (Å²) in [5.41, 5.74) is 0.252. The summed E-state index contributed by atoms with van der Waals surface area (Å²) in [6.07, 6.45) is -0.581. The van der Waals surface area contributed by atoms with E-state index in [9.17, 15) is 9.59 Å². The molecule has 130 valence electrons. The van der Waals surface area contributed by atoms with Crippen LogP contribution in [0.4, 0.5) is 4.79 Å². The first-order valence-electron chi connectivity index (χ1n) is 7.65. The maximum absolute atomic E-state index is 12.6. The van der Waals surface area contributed by atoms with Crippen molar-refractivity contribution in [3.8, 4) is 0 Å². The summed E-state index contributed by atoms with van der Waals surface area (Å²) >= 11 is 1.55. The number of nitrogens with zero attached hydrogens (tertiary/aromatic N) is 2. The molecule has 1 aromatic rings. The van der Waals surface area contributed by atoms with Crippen LogP contribution in [0, 0.1) is 12.8 Å². The molecule has 23 heavy (non-hydrogen) atoms. The number of hydrogen-bond acceptors (Lipinski definition) is 5. The van der Waals surface area contributed by atoms with Crippen LogP contribution >= 0.6 is 11.3 Å². The Labute approximate surface area is 142 Å². The van der Waals surface area contributed by atoms with Crippen LogP contribution in [0.1, 0.15) is 45.3 Å². The van der Waals surface area contributed by atoms with E-state index in [1.165, 1.54) is 0 Å². The largest absolute Gasteiger partial charge is 0.444 e. The molecule has 1 aromatic heterocycles. The number of amides is 2. The highest BCUT2D eigenvalue weighted by molar-refractivity contribution is 7.09. The monoisotopic (exact) mass is 341 g/mol. The number of carbonyl (C=O) groups excluding carboxylic acids is 2. The van der Waals surface area contributed by atoms with Gasteiger partial charge in [-0.25, -0.2) is 9.78 Å². The van der Waals surface area contributed by atoms with E-state index in [0.717, 1.165) is 10.7 Å². The first-order chi connectivity index (χ1) is 10.5. The first-order valence-corrected chi connectivity index (χ1v) is 8.53. The Bertz CT molecular complexity index is 549. The second kappa shape index (κ2) is 7.77. The molecular weight excluding hydrogens is 314 g/mol. The molecule has 0 aliphatic heterocycles. The van der Waals surface area contributed by atoms with Crippen molar-refractivity contribution in [2.45, 2.75) is 59.7 Å². The molecule has 2 amide bonds.